The summed E-state index contributed by atoms with van der Waals surface area (Å²) in [6.07, 6.45) is 8.39. The number of aromatic nitrogens is 4. The molecule has 0 atom stereocenters. The van der Waals surface area contributed by atoms with Crippen LogP contribution < -0.4 is 5.32 Å². The standard InChI is InChI=1S/C24H21N5O3/c1-2-32-24(31)22-14-15-28(27-22)21-11-9-19(10-12-21)26-23(30)13-8-18-16-25-29(17-18)20-6-4-3-5-7-20/h3-17H,2H2,1H3,(H,26,30)/b13-8+. The summed E-state index contributed by atoms with van der Waals surface area (Å²) in [7, 11) is 0. The zero-order valence-corrected chi connectivity index (χ0v) is 17.4. The third-order valence-corrected chi connectivity index (χ3v) is 4.52. The number of carbonyl (C=O) groups excluding carboxylic acids is 2. The molecule has 2 heterocycles. The van der Waals surface area contributed by atoms with Crippen molar-refractivity contribution in [2.75, 3.05) is 11.9 Å². The van der Waals surface area contributed by atoms with Gasteiger partial charge in [0.2, 0.25) is 5.91 Å². The van der Waals surface area contributed by atoms with Gasteiger partial charge in [0.25, 0.3) is 0 Å². The van der Waals surface area contributed by atoms with Crippen LogP contribution in [0.25, 0.3) is 17.5 Å². The Balaban J connectivity index is 1.36. The summed E-state index contributed by atoms with van der Waals surface area (Å²) in [5.74, 6) is -0.717. The number of amides is 1. The zero-order valence-electron chi connectivity index (χ0n) is 17.4. The van der Waals surface area contributed by atoms with Crippen molar-refractivity contribution in [2.24, 2.45) is 0 Å². The minimum atomic E-state index is -0.462. The van der Waals surface area contributed by atoms with Gasteiger partial charge in [-0.15, -0.1) is 0 Å². The Bertz CT molecular complexity index is 1240. The van der Waals surface area contributed by atoms with Crippen LogP contribution in [0, 0.1) is 0 Å². The average molecular weight is 427 g/mol. The lowest BCUT2D eigenvalue weighted by molar-refractivity contribution is -0.111. The molecule has 0 saturated heterocycles. The van der Waals surface area contributed by atoms with Crippen LogP contribution in [-0.2, 0) is 9.53 Å². The van der Waals surface area contributed by atoms with Gasteiger partial charge in [0.1, 0.15) is 0 Å². The summed E-state index contributed by atoms with van der Waals surface area (Å²) in [6.45, 7) is 2.04. The molecule has 32 heavy (non-hydrogen) atoms. The molecule has 4 aromatic rings. The first-order chi connectivity index (χ1) is 15.6. The van der Waals surface area contributed by atoms with E-state index in [0.717, 1.165) is 16.9 Å². The van der Waals surface area contributed by atoms with Crippen LogP contribution in [0.15, 0.2) is 85.3 Å². The minimum absolute atomic E-state index is 0.241. The van der Waals surface area contributed by atoms with Crippen LogP contribution in [0.1, 0.15) is 23.0 Å². The summed E-state index contributed by atoms with van der Waals surface area (Å²) < 4.78 is 8.27. The summed E-state index contributed by atoms with van der Waals surface area (Å²) >= 11 is 0. The molecule has 4 rings (SSSR count). The maximum Gasteiger partial charge on any atom is 0.358 e. The van der Waals surface area contributed by atoms with E-state index in [-0.39, 0.29) is 11.6 Å². The molecule has 0 aliphatic carbocycles. The number of esters is 1. The summed E-state index contributed by atoms with van der Waals surface area (Å²) in [5, 5.41) is 11.3. The second kappa shape index (κ2) is 9.57. The number of carbonyl (C=O) groups is 2. The quantitative estimate of drug-likeness (QED) is 0.357. The van der Waals surface area contributed by atoms with Crippen molar-refractivity contribution in [1.82, 2.24) is 19.6 Å². The van der Waals surface area contributed by atoms with E-state index in [0.29, 0.717) is 12.3 Å². The Labute approximate surface area is 184 Å². The van der Waals surface area contributed by atoms with Gasteiger partial charge in [0, 0.05) is 29.7 Å². The number of nitrogens with one attached hydrogen (secondary N) is 1. The molecule has 2 aromatic carbocycles. The highest BCUT2D eigenvalue weighted by molar-refractivity contribution is 6.01. The zero-order chi connectivity index (χ0) is 22.3. The first kappa shape index (κ1) is 20.8. The number of anilines is 1. The molecule has 2 aromatic heterocycles. The predicted octanol–water partition coefficient (Wildman–Crippen LogP) is 3.89. The van der Waals surface area contributed by atoms with Crippen molar-refractivity contribution in [3.05, 3.63) is 96.6 Å². The Morgan fingerprint density at radius 2 is 1.75 bits per heavy atom. The molecule has 0 aliphatic rings. The van der Waals surface area contributed by atoms with Gasteiger partial charge < -0.3 is 10.1 Å². The molecule has 0 fully saturated rings. The Hall–Kier alpha value is -4.46. The monoisotopic (exact) mass is 427 g/mol. The fourth-order valence-corrected chi connectivity index (χ4v) is 2.98. The smallest absolute Gasteiger partial charge is 0.358 e. The molecule has 0 saturated carbocycles. The van der Waals surface area contributed by atoms with E-state index in [2.05, 4.69) is 15.5 Å². The van der Waals surface area contributed by atoms with E-state index in [1.165, 1.54) is 6.08 Å². The van der Waals surface area contributed by atoms with Crippen LogP contribution >= 0.6 is 0 Å². The van der Waals surface area contributed by atoms with Crippen molar-refractivity contribution >= 4 is 23.6 Å². The van der Waals surface area contributed by atoms with Crippen LogP contribution in [0.5, 0.6) is 0 Å². The third kappa shape index (κ3) is 4.99. The third-order valence-electron chi connectivity index (χ3n) is 4.52. The molecule has 0 unspecified atom stereocenters. The molecule has 0 bridgehead atoms. The molecule has 1 N–H and O–H groups in total. The number of hydrogen-bond donors (Lipinski definition) is 1. The minimum Gasteiger partial charge on any atom is -0.461 e. The van der Waals surface area contributed by atoms with Gasteiger partial charge in [-0.25, -0.2) is 14.2 Å². The number of para-hydroxylation sites is 1. The van der Waals surface area contributed by atoms with Gasteiger partial charge >= 0.3 is 5.97 Å². The summed E-state index contributed by atoms with van der Waals surface area (Å²) in [5.41, 5.74) is 3.40. The van der Waals surface area contributed by atoms with Crippen LogP contribution in [-0.4, -0.2) is 38.0 Å². The van der Waals surface area contributed by atoms with E-state index in [1.54, 1.807) is 65.1 Å². The molecule has 8 heteroatoms. The van der Waals surface area contributed by atoms with Crippen LogP contribution in [0.4, 0.5) is 5.69 Å². The maximum absolute atomic E-state index is 12.3. The molecule has 0 radical (unpaired) electrons. The Morgan fingerprint density at radius 3 is 2.50 bits per heavy atom. The highest BCUT2D eigenvalue weighted by Crippen LogP contribution is 2.14. The van der Waals surface area contributed by atoms with Crippen molar-refractivity contribution in [2.45, 2.75) is 6.92 Å². The van der Waals surface area contributed by atoms with Crippen molar-refractivity contribution in [3.63, 3.8) is 0 Å². The fourth-order valence-electron chi connectivity index (χ4n) is 2.98. The predicted molar refractivity (Wildman–Crippen MR) is 121 cm³/mol. The molecular formula is C24H21N5O3. The van der Waals surface area contributed by atoms with E-state index >= 15 is 0 Å². The molecule has 160 valence electrons. The highest BCUT2D eigenvalue weighted by atomic mass is 16.5. The lowest BCUT2D eigenvalue weighted by Crippen LogP contribution is -2.08. The lowest BCUT2D eigenvalue weighted by atomic mass is 10.2. The second-order valence-electron chi connectivity index (χ2n) is 6.79. The van der Waals surface area contributed by atoms with Crippen molar-refractivity contribution in [3.8, 4) is 11.4 Å². The maximum atomic E-state index is 12.3. The van der Waals surface area contributed by atoms with E-state index in [9.17, 15) is 9.59 Å². The van der Waals surface area contributed by atoms with Crippen molar-refractivity contribution < 1.29 is 14.3 Å². The molecule has 8 nitrogen and oxygen atoms in total. The second-order valence-corrected chi connectivity index (χ2v) is 6.79. The van der Waals surface area contributed by atoms with Crippen molar-refractivity contribution in [1.29, 1.82) is 0 Å². The van der Waals surface area contributed by atoms with Gasteiger partial charge in [-0.05, 0) is 55.5 Å². The van der Waals surface area contributed by atoms with Gasteiger partial charge in [-0.1, -0.05) is 18.2 Å². The average Bonchev–Trinajstić information content (AvgIpc) is 3.49. The van der Waals surface area contributed by atoms with Gasteiger partial charge in [0.05, 0.1) is 24.2 Å². The molecule has 1 amide bonds. The normalized spacial score (nSPS) is 10.9. The SMILES string of the molecule is CCOC(=O)c1ccn(-c2ccc(NC(=O)/C=C/c3cnn(-c4ccccc4)c3)cc2)n1. The number of benzene rings is 2. The summed E-state index contributed by atoms with van der Waals surface area (Å²) in [6, 6.07) is 18.5. The largest absolute Gasteiger partial charge is 0.461 e. The Kier molecular flexibility index (Phi) is 6.22. The lowest BCUT2D eigenvalue weighted by Gasteiger charge is -2.05. The van der Waals surface area contributed by atoms with E-state index in [1.807, 2.05) is 36.5 Å². The summed E-state index contributed by atoms with van der Waals surface area (Å²) in [4.78, 5) is 24.0. The molecule has 0 spiro atoms. The van der Waals surface area contributed by atoms with E-state index in [4.69, 9.17) is 4.74 Å². The fraction of sp³-hybridized carbons (Fsp3) is 0.0833. The number of rotatable bonds is 7. The van der Waals surface area contributed by atoms with Crippen LogP contribution in [0.3, 0.4) is 0 Å². The van der Waals surface area contributed by atoms with Crippen LogP contribution in [0.2, 0.25) is 0 Å². The molecule has 0 aliphatic heterocycles. The first-order valence-corrected chi connectivity index (χ1v) is 10.0. The van der Waals surface area contributed by atoms with E-state index < -0.39 is 5.97 Å². The Morgan fingerprint density at radius 1 is 1.00 bits per heavy atom. The number of hydrogen-bond acceptors (Lipinski definition) is 5. The topological polar surface area (TPSA) is 91.0 Å². The van der Waals surface area contributed by atoms with Gasteiger partial charge in [0.15, 0.2) is 5.69 Å². The molecular weight excluding hydrogens is 406 g/mol. The van der Waals surface area contributed by atoms with Gasteiger partial charge in [-0.2, -0.15) is 10.2 Å². The van der Waals surface area contributed by atoms with Gasteiger partial charge in [-0.3, -0.25) is 4.79 Å². The highest BCUT2D eigenvalue weighted by Gasteiger charge is 2.11. The number of nitrogens with zero attached hydrogens (tertiary/aromatic N) is 4. The first-order valence-electron chi connectivity index (χ1n) is 10.0. The number of ether oxygens (including phenoxy) is 1.